The molecule has 2 heterocycles. The third-order valence-corrected chi connectivity index (χ3v) is 4.10. The molecule has 1 fully saturated rings. The van der Waals surface area contributed by atoms with E-state index >= 15 is 0 Å². The maximum Gasteiger partial charge on any atom is 0.183 e. The van der Waals surface area contributed by atoms with Crippen LogP contribution in [-0.2, 0) is 21.6 Å². The van der Waals surface area contributed by atoms with E-state index in [1.54, 1.807) is 4.68 Å². The number of aromatic nitrogens is 3. The Labute approximate surface area is 144 Å². The second-order valence-electron chi connectivity index (χ2n) is 5.72. The smallest absolute Gasteiger partial charge is 0.183 e. The molecule has 0 bridgehead atoms. The third kappa shape index (κ3) is 3.62. The Morgan fingerprint density at radius 3 is 3.00 bits per heavy atom. The molecule has 5 nitrogen and oxygen atoms in total. The summed E-state index contributed by atoms with van der Waals surface area (Å²) in [5.74, 6) is -1.33. The van der Waals surface area contributed by atoms with Gasteiger partial charge in [-0.1, -0.05) is 18.3 Å². The first-order valence-electron chi connectivity index (χ1n) is 7.33. The molecule has 0 N–H and O–H groups in total. The molecule has 1 aliphatic rings. The molecule has 0 saturated carbocycles. The first-order valence-corrected chi connectivity index (χ1v) is 7.73. The summed E-state index contributed by atoms with van der Waals surface area (Å²) in [6.07, 6.45) is 3.36. The van der Waals surface area contributed by atoms with E-state index in [2.05, 4.69) is 10.1 Å². The quantitative estimate of drug-likeness (QED) is 0.610. The van der Waals surface area contributed by atoms with Crippen molar-refractivity contribution in [1.29, 1.82) is 0 Å². The van der Waals surface area contributed by atoms with Crippen LogP contribution in [-0.4, -0.2) is 40.8 Å². The zero-order valence-corrected chi connectivity index (χ0v) is 13.5. The van der Waals surface area contributed by atoms with E-state index in [4.69, 9.17) is 29.5 Å². The van der Waals surface area contributed by atoms with Gasteiger partial charge < -0.3 is 9.47 Å². The minimum Gasteiger partial charge on any atom is -0.498 e. The van der Waals surface area contributed by atoms with Crippen molar-refractivity contribution < 1.29 is 18.3 Å². The number of ether oxygens (including phenoxy) is 2. The van der Waals surface area contributed by atoms with Crippen LogP contribution in [0.3, 0.4) is 0 Å². The van der Waals surface area contributed by atoms with Crippen molar-refractivity contribution in [2.75, 3.05) is 13.2 Å². The molecule has 24 heavy (non-hydrogen) atoms. The van der Waals surface area contributed by atoms with E-state index in [-0.39, 0.29) is 29.6 Å². The summed E-state index contributed by atoms with van der Waals surface area (Å²) in [6, 6.07) is 3.46. The molecule has 2 aromatic rings. The zero-order valence-electron chi connectivity index (χ0n) is 12.7. The van der Waals surface area contributed by atoms with E-state index in [0.717, 1.165) is 6.07 Å². The van der Waals surface area contributed by atoms with E-state index in [9.17, 15) is 8.78 Å². The van der Waals surface area contributed by atoms with Gasteiger partial charge in [0, 0.05) is 17.5 Å². The largest absolute Gasteiger partial charge is 0.498 e. The molecule has 3 rings (SSSR count). The van der Waals surface area contributed by atoms with Crippen molar-refractivity contribution in [3.8, 4) is 0 Å². The number of thiocarbonyl (C=S) groups is 1. The van der Waals surface area contributed by atoms with Crippen LogP contribution in [0.4, 0.5) is 8.78 Å². The monoisotopic (exact) mass is 349 g/mol. The Morgan fingerprint density at radius 2 is 2.33 bits per heavy atom. The van der Waals surface area contributed by atoms with Crippen LogP contribution in [0.5, 0.6) is 0 Å². The van der Waals surface area contributed by atoms with Crippen molar-refractivity contribution in [3.05, 3.63) is 48.1 Å². The van der Waals surface area contributed by atoms with Gasteiger partial charge in [-0.05, 0) is 12.5 Å². The van der Waals surface area contributed by atoms with Gasteiger partial charge in [-0.25, -0.2) is 18.4 Å². The van der Waals surface area contributed by atoms with Crippen molar-refractivity contribution in [2.24, 2.45) is 5.92 Å². The molecule has 0 spiro atoms. The molecule has 0 unspecified atom stereocenters. The molecule has 2 radical (unpaired) electrons. The number of hydrogen-bond donors (Lipinski definition) is 0. The van der Waals surface area contributed by atoms with Crippen LogP contribution in [0, 0.1) is 17.6 Å². The van der Waals surface area contributed by atoms with Gasteiger partial charge in [0.2, 0.25) is 0 Å². The van der Waals surface area contributed by atoms with Gasteiger partial charge in [-0.2, -0.15) is 5.10 Å². The first-order chi connectivity index (χ1) is 11.5. The second-order valence-corrected chi connectivity index (χ2v) is 6.13. The Kier molecular flexibility index (Phi) is 4.91. The van der Waals surface area contributed by atoms with Gasteiger partial charge in [0.15, 0.2) is 7.85 Å². The normalized spacial score (nSPS) is 23.3. The lowest BCUT2D eigenvalue weighted by atomic mass is 9.87. The molecular weight excluding hydrogens is 335 g/mol. The highest BCUT2D eigenvalue weighted by atomic mass is 32.1. The summed E-state index contributed by atoms with van der Waals surface area (Å²) in [7, 11) is 5.34. The van der Waals surface area contributed by atoms with Crippen molar-refractivity contribution in [2.45, 2.75) is 18.6 Å². The summed E-state index contributed by atoms with van der Waals surface area (Å²) in [4.78, 5) is 3.84. The Morgan fingerprint density at radius 1 is 1.50 bits per heavy atom. The lowest BCUT2D eigenvalue weighted by molar-refractivity contribution is -0.0206. The highest BCUT2D eigenvalue weighted by Gasteiger charge is 2.44. The van der Waals surface area contributed by atoms with Crippen LogP contribution in [0.1, 0.15) is 12.0 Å². The molecule has 9 heteroatoms. The Hall–Kier alpha value is -1.87. The maximum absolute atomic E-state index is 14.4. The molecule has 0 amide bonds. The number of rotatable bonds is 5. The number of benzene rings is 1. The molecule has 2 atom stereocenters. The van der Waals surface area contributed by atoms with Gasteiger partial charge in [-0.15, -0.1) is 0 Å². The number of halogens is 2. The summed E-state index contributed by atoms with van der Waals surface area (Å²) in [5, 5.41) is 4.05. The zero-order chi connectivity index (χ0) is 17.2. The first kappa shape index (κ1) is 17.0. The highest BCUT2D eigenvalue weighted by molar-refractivity contribution is 7.82. The van der Waals surface area contributed by atoms with Crippen LogP contribution in [0.25, 0.3) is 0 Å². The van der Waals surface area contributed by atoms with Crippen LogP contribution in [0.2, 0.25) is 0 Å². The summed E-state index contributed by atoms with van der Waals surface area (Å²) >= 11 is 4.70. The predicted octanol–water partition coefficient (Wildman–Crippen LogP) is 1.96. The minimum atomic E-state index is -0.990. The molecular formula is C15H14BF2N3O2S. The predicted molar refractivity (Wildman–Crippen MR) is 86.4 cm³/mol. The van der Waals surface area contributed by atoms with Gasteiger partial charge in [0.1, 0.15) is 29.9 Å². The topological polar surface area (TPSA) is 49.2 Å². The highest BCUT2D eigenvalue weighted by Crippen LogP contribution is 2.41. The van der Waals surface area contributed by atoms with Crippen LogP contribution >= 0.6 is 12.2 Å². The van der Waals surface area contributed by atoms with E-state index in [1.807, 2.05) is 0 Å². The van der Waals surface area contributed by atoms with Gasteiger partial charge in [-0.3, -0.25) is 0 Å². The number of hydrogen-bond acceptors (Lipinski definition) is 5. The summed E-state index contributed by atoms with van der Waals surface area (Å²) < 4.78 is 40.3. The molecule has 1 aromatic carbocycles. The number of nitrogens with zero attached hydrogens (tertiary/aromatic N) is 3. The average molecular weight is 349 g/mol. The minimum absolute atomic E-state index is 0.0283. The van der Waals surface area contributed by atoms with E-state index in [0.29, 0.717) is 13.0 Å². The third-order valence-electron chi connectivity index (χ3n) is 3.98. The summed E-state index contributed by atoms with van der Waals surface area (Å²) in [6.45, 7) is 0.866. The fourth-order valence-corrected chi connectivity index (χ4v) is 3.05. The van der Waals surface area contributed by atoms with Crippen molar-refractivity contribution in [1.82, 2.24) is 14.8 Å². The average Bonchev–Trinajstić information content (AvgIpc) is 3.16. The van der Waals surface area contributed by atoms with E-state index < -0.39 is 17.2 Å². The Balaban J connectivity index is 1.89. The van der Waals surface area contributed by atoms with Crippen LogP contribution < -0.4 is 0 Å². The second kappa shape index (κ2) is 6.94. The fourth-order valence-electron chi connectivity index (χ4n) is 2.99. The van der Waals surface area contributed by atoms with Crippen LogP contribution in [0.15, 0.2) is 30.9 Å². The summed E-state index contributed by atoms with van der Waals surface area (Å²) in [5.41, 5.74) is -0.715. The SMILES string of the molecule is [B]C(=S)OC[C@H]1CO[C@](Cn2cncn2)(c2ccc(F)cc2F)C1. The van der Waals surface area contributed by atoms with Crippen molar-refractivity contribution in [3.63, 3.8) is 0 Å². The molecule has 0 aliphatic carbocycles. The van der Waals surface area contributed by atoms with Gasteiger partial charge in [0.25, 0.3) is 0 Å². The van der Waals surface area contributed by atoms with Crippen molar-refractivity contribution >= 4 is 25.0 Å². The van der Waals surface area contributed by atoms with E-state index in [1.165, 1.54) is 24.8 Å². The molecule has 1 saturated heterocycles. The molecule has 1 aromatic heterocycles. The Bertz CT molecular complexity index is 732. The lowest BCUT2D eigenvalue weighted by Crippen LogP contribution is -2.32. The molecule has 1 aliphatic heterocycles. The standard InChI is InChI=1S/C15H14BF2N3O2S/c16-14(24)22-5-10-4-15(23-6-10,7-21-9-19-8-20-21)12-2-1-11(17)3-13(12)18/h1-3,8-10H,4-7H2/t10-,15+/m0/s1. The fraction of sp³-hybridized carbons (Fsp3) is 0.400. The lowest BCUT2D eigenvalue weighted by Gasteiger charge is -2.29. The van der Waals surface area contributed by atoms with Gasteiger partial charge >= 0.3 is 0 Å². The van der Waals surface area contributed by atoms with Gasteiger partial charge in [0.05, 0.1) is 24.7 Å². The molecule has 124 valence electrons. The maximum atomic E-state index is 14.4.